The predicted octanol–water partition coefficient (Wildman–Crippen LogP) is -0.251. The topological polar surface area (TPSA) is 72.3 Å². The number of nitrogens with zero attached hydrogens (tertiary/aromatic N) is 1. The van der Waals surface area contributed by atoms with E-state index < -0.39 is 0 Å². The fourth-order valence-electron chi connectivity index (χ4n) is 0.392. The van der Waals surface area contributed by atoms with Crippen LogP contribution >= 0.6 is 0 Å². The van der Waals surface area contributed by atoms with Gasteiger partial charge in [-0.25, -0.2) is 0 Å². The summed E-state index contributed by atoms with van der Waals surface area (Å²) in [5.41, 5.74) is 5.63. The lowest BCUT2D eigenvalue weighted by Crippen LogP contribution is -1.87. The summed E-state index contributed by atoms with van der Waals surface area (Å²) in [6.45, 7) is -0.189. The zero-order valence-electron chi connectivity index (χ0n) is 4.16. The molecule has 8 heavy (non-hydrogen) atoms. The summed E-state index contributed by atoms with van der Waals surface area (Å²) < 4.78 is 4.49. The molecule has 0 bridgehead atoms. The second kappa shape index (κ2) is 1.83. The molecule has 0 aliphatic heterocycles. The van der Waals surface area contributed by atoms with Crippen molar-refractivity contribution >= 4 is 5.69 Å². The predicted molar refractivity (Wildman–Crippen MR) is 26.8 cm³/mol. The van der Waals surface area contributed by atoms with Gasteiger partial charge in [-0.1, -0.05) is 5.16 Å². The van der Waals surface area contributed by atoms with Crippen molar-refractivity contribution in [3.63, 3.8) is 0 Å². The minimum atomic E-state index is -0.189. The first-order valence-electron chi connectivity index (χ1n) is 2.14. The van der Waals surface area contributed by atoms with Gasteiger partial charge in [0.1, 0.15) is 6.61 Å². The minimum Gasteiger partial charge on any atom is -0.394 e. The molecule has 0 saturated heterocycles. The molecule has 0 saturated carbocycles. The molecule has 0 spiro atoms. The summed E-state index contributed by atoms with van der Waals surface area (Å²) in [4.78, 5) is 0. The molecule has 4 heteroatoms. The number of hydrogen-bond donors (Lipinski definition) is 2. The van der Waals surface area contributed by atoms with Gasteiger partial charge in [-0.2, -0.15) is 0 Å². The Bertz CT molecular complexity index is 172. The first kappa shape index (κ1) is 5.11. The second-order valence-corrected chi connectivity index (χ2v) is 1.36. The van der Waals surface area contributed by atoms with Crippen molar-refractivity contribution in [3.8, 4) is 0 Å². The van der Waals surface area contributed by atoms with Gasteiger partial charge in [0.05, 0.1) is 11.9 Å². The largest absolute Gasteiger partial charge is 0.394 e. The average molecular weight is 114 g/mol. The molecular formula is C4H6N2O2. The minimum absolute atomic E-state index is 0.189. The van der Waals surface area contributed by atoms with Crippen LogP contribution in [0, 0.1) is 0 Å². The maximum Gasteiger partial charge on any atom is 0.184 e. The molecule has 0 fully saturated rings. The van der Waals surface area contributed by atoms with Crippen LogP contribution in [0.15, 0.2) is 10.7 Å². The molecule has 0 aromatic carbocycles. The van der Waals surface area contributed by atoms with Gasteiger partial charge in [0.2, 0.25) is 0 Å². The van der Waals surface area contributed by atoms with Crippen LogP contribution in [0.5, 0.6) is 0 Å². The van der Waals surface area contributed by atoms with Crippen LogP contribution in [0.3, 0.4) is 0 Å². The van der Waals surface area contributed by atoms with E-state index in [0.29, 0.717) is 11.4 Å². The van der Waals surface area contributed by atoms with Gasteiger partial charge in [-0.3, -0.25) is 0 Å². The smallest absolute Gasteiger partial charge is 0.184 e. The van der Waals surface area contributed by atoms with Crippen molar-refractivity contribution in [3.05, 3.63) is 12.0 Å². The Kier molecular flexibility index (Phi) is 1.17. The fraction of sp³-hybridized carbons (Fsp3) is 0.250. The van der Waals surface area contributed by atoms with Gasteiger partial charge in [-0.05, 0) is 0 Å². The van der Waals surface area contributed by atoms with Crippen molar-refractivity contribution < 1.29 is 9.63 Å². The van der Waals surface area contributed by atoms with Gasteiger partial charge in [0.25, 0.3) is 0 Å². The zero-order valence-corrected chi connectivity index (χ0v) is 4.16. The van der Waals surface area contributed by atoms with E-state index >= 15 is 0 Å². The monoisotopic (exact) mass is 114 g/mol. The lowest BCUT2D eigenvalue weighted by molar-refractivity contribution is 0.230. The molecule has 0 aliphatic carbocycles. The van der Waals surface area contributed by atoms with E-state index in [4.69, 9.17) is 10.8 Å². The summed E-state index contributed by atoms with van der Waals surface area (Å²) in [5, 5.41) is 11.7. The summed E-state index contributed by atoms with van der Waals surface area (Å²) in [7, 11) is 0. The molecule has 1 aromatic heterocycles. The Morgan fingerprint density at radius 3 is 2.88 bits per heavy atom. The van der Waals surface area contributed by atoms with Crippen LogP contribution in [-0.4, -0.2) is 10.3 Å². The fourth-order valence-corrected chi connectivity index (χ4v) is 0.392. The van der Waals surface area contributed by atoms with Crippen molar-refractivity contribution in [1.82, 2.24) is 5.16 Å². The maximum absolute atomic E-state index is 8.39. The first-order chi connectivity index (χ1) is 3.84. The average Bonchev–Trinajstić information content (AvgIpc) is 2.14. The molecule has 0 unspecified atom stereocenters. The molecule has 4 nitrogen and oxygen atoms in total. The molecular weight excluding hydrogens is 108 g/mol. The third kappa shape index (κ3) is 0.651. The number of aromatic nitrogens is 1. The quantitative estimate of drug-likeness (QED) is 0.528. The third-order valence-corrected chi connectivity index (χ3v) is 0.820. The van der Waals surface area contributed by atoms with Crippen molar-refractivity contribution in [2.24, 2.45) is 0 Å². The highest BCUT2D eigenvalue weighted by molar-refractivity contribution is 5.37. The van der Waals surface area contributed by atoms with Gasteiger partial charge >= 0.3 is 0 Å². The molecule has 44 valence electrons. The van der Waals surface area contributed by atoms with E-state index in [1.165, 1.54) is 6.20 Å². The van der Waals surface area contributed by atoms with Gasteiger partial charge in [0.15, 0.2) is 5.76 Å². The van der Waals surface area contributed by atoms with E-state index in [1.54, 1.807) is 0 Å². The Hall–Kier alpha value is -1.03. The number of anilines is 1. The normalized spacial score (nSPS) is 9.62. The molecule has 3 N–H and O–H groups in total. The zero-order chi connectivity index (χ0) is 5.98. The number of aliphatic hydroxyl groups is 1. The molecule has 0 atom stereocenters. The third-order valence-electron chi connectivity index (χ3n) is 0.820. The second-order valence-electron chi connectivity index (χ2n) is 1.36. The van der Waals surface area contributed by atoms with Crippen LogP contribution in [0.1, 0.15) is 5.76 Å². The molecule has 1 rings (SSSR count). The van der Waals surface area contributed by atoms with E-state index in [9.17, 15) is 0 Å². The van der Waals surface area contributed by atoms with Crippen molar-refractivity contribution in [2.45, 2.75) is 6.61 Å². The summed E-state index contributed by atoms with van der Waals surface area (Å²) in [6, 6.07) is 0. The van der Waals surface area contributed by atoms with E-state index in [1.807, 2.05) is 0 Å². The van der Waals surface area contributed by atoms with E-state index in [0.717, 1.165) is 0 Å². The first-order valence-corrected chi connectivity index (χ1v) is 2.14. The van der Waals surface area contributed by atoms with Crippen LogP contribution in [-0.2, 0) is 6.61 Å². The number of aliphatic hydroxyl groups excluding tert-OH is 1. The number of nitrogen functional groups attached to an aromatic ring is 1. The molecule has 0 amide bonds. The van der Waals surface area contributed by atoms with Crippen LogP contribution in [0.4, 0.5) is 5.69 Å². The van der Waals surface area contributed by atoms with Crippen molar-refractivity contribution in [1.29, 1.82) is 0 Å². The standard InChI is InChI=1S/C4H6N2O2/c5-3-1-6-8-4(3)2-7/h1,7H,2,5H2. The van der Waals surface area contributed by atoms with E-state index in [2.05, 4.69) is 9.68 Å². The van der Waals surface area contributed by atoms with Crippen LogP contribution in [0.2, 0.25) is 0 Å². The van der Waals surface area contributed by atoms with Crippen molar-refractivity contribution in [2.75, 3.05) is 5.73 Å². The molecule has 1 aromatic rings. The molecule has 0 aliphatic rings. The van der Waals surface area contributed by atoms with Gasteiger partial charge < -0.3 is 15.4 Å². The Balaban J connectivity index is 2.92. The molecule has 1 heterocycles. The Labute approximate surface area is 45.9 Å². The Morgan fingerprint density at radius 2 is 2.62 bits per heavy atom. The number of nitrogens with two attached hydrogens (primary N) is 1. The van der Waals surface area contributed by atoms with Crippen LogP contribution in [0.25, 0.3) is 0 Å². The number of hydrogen-bond acceptors (Lipinski definition) is 4. The lowest BCUT2D eigenvalue weighted by Gasteiger charge is -1.83. The maximum atomic E-state index is 8.39. The summed E-state index contributed by atoms with van der Waals surface area (Å²) >= 11 is 0. The highest BCUT2D eigenvalue weighted by Gasteiger charge is 1.99. The molecule has 0 radical (unpaired) electrons. The summed E-state index contributed by atoms with van der Waals surface area (Å²) in [6.07, 6.45) is 1.35. The highest BCUT2D eigenvalue weighted by atomic mass is 16.5. The summed E-state index contributed by atoms with van der Waals surface area (Å²) in [5.74, 6) is 0.324. The van der Waals surface area contributed by atoms with Gasteiger partial charge in [-0.15, -0.1) is 0 Å². The Morgan fingerprint density at radius 1 is 1.88 bits per heavy atom. The van der Waals surface area contributed by atoms with Crippen LogP contribution < -0.4 is 5.73 Å². The van der Waals surface area contributed by atoms with Gasteiger partial charge in [0, 0.05) is 0 Å². The SMILES string of the molecule is Nc1cnoc1CO. The number of rotatable bonds is 1. The highest BCUT2D eigenvalue weighted by Crippen LogP contribution is 2.07. The van der Waals surface area contributed by atoms with E-state index in [-0.39, 0.29) is 6.61 Å². The lowest BCUT2D eigenvalue weighted by atomic mass is 10.4.